The first-order valence-corrected chi connectivity index (χ1v) is 6.14. The lowest BCUT2D eigenvalue weighted by Gasteiger charge is -2.26. The number of aliphatic hydroxyl groups excluding tert-OH is 1. The summed E-state index contributed by atoms with van der Waals surface area (Å²) in [4.78, 5) is 24.7. The molecule has 0 aliphatic carbocycles. The van der Waals surface area contributed by atoms with Crippen LogP contribution in [0.25, 0.3) is 0 Å². The van der Waals surface area contributed by atoms with Crippen molar-refractivity contribution >= 4 is 11.8 Å². The van der Waals surface area contributed by atoms with Gasteiger partial charge in [0, 0.05) is 39.3 Å². The van der Waals surface area contributed by atoms with Crippen LogP contribution in [0.5, 0.6) is 0 Å². The number of aliphatic hydroxyl groups is 1. The summed E-state index contributed by atoms with van der Waals surface area (Å²) in [6, 6.07) is 0. The summed E-state index contributed by atoms with van der Waals surface area (Å²) < 4.78 is 0. The summed E-state index contributed by atoms with van der Waals surface area (Å²) in [5.74, 6) is -0.954. The minimum absolute atomic E-state index is 0.174. The largest absolute Gasteiger partial charge is 0.396 e. The summed E-state index contributed by atoms with van der Waals surface area (Å²) in [6.45, 7) is 3.35. The van der Waals surface area contributed by atoms with Crippen LogP contribution in [0.3, 0.4) is 0 Å². The second kappa shape index (κ2) is 8.03. The van der Waals surface area contributed by atoms with Gasteiger partial charge < -0.3 is 20.6 Å². The molecule has 1 fully saturated rings. The van der Waals surface area contributed by atoms with E-state index < -0.39 is 11.8 Å². The van der Waals surface area contributed by atoms with Crippen LogP contribution < -0.4 is 10.6 Å². The second-order valence-electron chi connectivity index (χ2n) is 4.08. The van der Waals surface area contributed by atoms with E-state index in [2.05, 4.69) is 10.6 Å². The predicted octanol–water partition coefficient (Wildman–Crippen LogP) is -1.30. The van der Waals surface area contributed by atoms with E-state index in [4.69, 9.17) is 5.11 Å². The fourth-order valence-corrected chi connectivity index (χ4v) is 1.70. The van der Waals surface area contributed by atoms with E-state index in [0.717, 1.165) is 32.4 Å². The Balaban J connectivity index is 2.15. The molecule has 3 N–H and O–H groups in total. The van der Waals surface area contributed by atoms with Gasteiger partial charge in [-0.1, -0.05) is 0 Å². The molecule has 0 bridgehead atoms. The number of nitrogens with zero attached hydrogens (tertiary/aromatic N) is 1. The zero-order valence-corrected chi connectivity index (χ0v) is 10.1. The lowest BCUT2D eigenvalue weighted by Crippen LogP contribution is -2.51. The van der Waals surface area contributed by atoms with Crippen LogP contribution in [0, 0.1) is 0 Å². The van der Waals surface area contributed by atoms with Gasteiger partial charge in [0.15, 0.2) is 0 Å². The predicted molar refractivity (Wildman–Crippen MR) is 63.4 cm³/mol. The standard InChI is InChI=1S/C11H21N3O3/c15-9-3-1-2-4-13-10(16)11(17)14-7-5-12-6-8-14/h12,15H,1-9H2,(H,13,16). The third-order valence-corrected chi connectivity index (χ3v) is 2.72. The Kier molecular flexibility index (Phi) is 6.57. The molecule has 98 valence electrons. The van der Waals surface area contributed by atoms with Gasteiger partial charge >= 0.3 is 11.8 Å². The van der Waals surface area contributed by atoms with E-state index in [9.17, 15) is 9.59 Å². The molecule has 0 atom stereocenters. The summed E-state index contributed by atoms with van der Waals surface area (Å²) >= 11 is 0. The molecule has 1 aliphatic rings. The van der Waals surface area contributed by atoms with Crippen molar-refractivity contribution in [2.24, 2.45) is 0 Å². The average Bonchev–Trinajstić information content (AvgIpc) is 2.38. The Morgan fingerprint density at radius 3 is 2.53 bits per heavy atom. The molecule has 0 aromatic rings. The van der Waals surface area contributed by atoms with Gasteiger partial charge in [0.2, 0.25) is 0 Å². The van der Waals surface area contributed by atoms with Crippen LogP contribution in [0.1, 0.15) is 19.3 Å². The molecular formula is C11H21N3O3. The number of hydrogen-bond acceptors (Lipinski definition) is 4. The third-order valence-electron chi connectivity index (χ3n) is 2.72. The second-order valence-corrected chi connectivity index (χ2v) is 4.08. The van der Waals surface area contributed by atoms with Gasteiger partial charge in [0.25, 0.3) is 0 Å². The minimum atomic E-state index is -0.518. The molecule has 0 radical (unpaired) electrons. The van der Waals surface area contributed by atoms with Crippen LogP contribution in [-0.4, -0.2) is 61.2 Å². The van der Waals surface area contributed by atoms with Crippen LogP contribution in [0.15, 0.2) is 0 Å². The van der Waals surface area contributed by atoms with E-state index >= 15 is 0 Å². The summed E-state index contributed by atoms with van der Waals surface area (Å²) in [5.41, 5.74) is 0. The lowest BCUT2D eigenvalue weighted by molar-refractivity contribution is -0.146. The van der Waals surface area contributed by atoms with Crippen molar-refractivity contribution in [1.29, 1.82) is 0 Å². The van der Waals surface area contributed by atoms with Gasteiger partial charge in [-0.05, 0) is 19.3 Å². The molecule has 1 saturated heterocycles. The Morgan fingerprint density at radius 2 is 1.88 bits per heavy atom. The zero-order valence-electron chi connectivity index (χ0n) is 10.1. The maximum atomic E-state index is 11.7. The maximum absolute atomic E-state index is 11.7. The summed E-state index contributed by atoms with van der Waals surface area (Å²) in [7, 11) is 0. The Bertz CT molecular complexity index is 252. The van der Waals surface area contributed by atoms with Gasteiger partial charge in [-0.2, -0.15) is 0 Å². The van der Waals surface area contributed by atoms with Gasteiger partial charge in [-0.3, -0.25) is 9.59 Å². The summed E-state index contributed by atoms with van der Waals surface area (Å²) in [5, 5.41) is 14.3. The maximum Gasteiger partial charge on any atom is 0.311 e. The highest BCUT2D eigenvalue weighted by atomic mass is 16.3. The number of hydrogen-bond donors (Lipinski definition) is 3. The molecule has 2 amide bonds. The molecule has 0 saturated carbocycles. The first kappa shape index (κ1) is 13.9. The van der Waals surface area contributed by atoms with Gasteiger partial charge in [-0.15, -0.1) is 0 Å². The highest BCUT2D eigenvalue weighted by molar-refractivity contribution is 6.35. The number of amides is 2. The van der Waals surface area contributed by atoms with Crippen LogP contribution in [0.2, 0.25) is 0 Å². The quantitative estimate of drug-likeness (QED) is 0.414. The first-order valence-electron chi connectivity index (χ1n) is 6.14. The van der Waals surface area contributed by atoms with Crippen molar-refractivity contribution in [2.45, 2.75) is 19.3 Å². The van der Waals surface area contributed by atoms with Crippen molar-refractivity contribution in [3.8, 4) is 0 Å². The van der Waals surface area contributed by atoms with Crippen LogP contribution in [-0.2, 0) is 9.59 Å². The number of unbranched alkanes of at least 4 members (excludes halogenated alkanes) is 2. The normalized spacial score (nSPS) is 15.7. The van der Waals surface area contributed by atoms with E-state index in [1.807, 2.05) is 0 Å². The molecule has 0 spiro atoms. The Hall–Kier alpha value is -1.14. The third kappa shape index (κ3) is 5.14. The SMILES string of the molecule is O=C(NCCCCCO)C(=O)N1CCNCC1. The molecule has 0 aromatic carbocycles. The molecule has 1 heterocycles. The number of carbonyl (C=O) groups excluding carboxylic acids is 2. The molecule has 0 unspecified atom stereocenters. The Morgan fingerprint density at radius 1 is 1.18 bits per heavy atom. The summed E-state index contributed by atoms with van der Waals surface area (Å²) in [6.07, 6.45) is 2.39. The molecule has 1 rings (SSSR count). The molecule has 1 aliphatic heterocycles. The fraction of sp³-hybridized carbons (Fsp3) is 0.818. The van der Waals surface area contributed by atoms with E-state index in [1.165, 1.54) is 0 Å². The molecule has 0 aromatic heterocycles. The average molecular weight is 243 g/mol. The van der Waals surface area contributed by atoms with Crippen LogP contribution in [0.4, 0.5) is 0 Å². The number of rotatable bonds is 5. The van der Waals surface area contributed by atoms with E-state index in [1.54, 1.807) is 4.90 Å². The lowest BCUT2D eigenvalue weighted by atomic mass is 10.2. The number of carbonyl (C=O) groups is 2. The first-order chi connectivity index (χ1) is 8.25. The van der Waals surface area contributed by atoms with E-state index in [-0.39, 0.29) is 6.61 Å². The molecule has 6 nitrogen and oxygen atoms in total. The molecular weight excluding hydrogens is 222 g/mol. The highest BCUT2D eigenvalue weighted by Crippen LogP contribution is 1.95. The topological polar surface area (TPSA) is 81.7 Å². The molecule has 6 heteroatoms. The van der Waals surface area contributed by atoms with Crippen molar-refractivity contribution < 1.29 is 14.7 Å². The fourth-order valence-electron chi connectivity index (χ4n) is 1.70. The monoisotopic (exact) mass is 243 g/mol. The van der Waals surface area contributed by atoms with Crippen molar-refractivity contribution in [3.05, 3.63) is 0 Å². The van der Waals surface area contributed by atoms with Crippen molar-refractivity contribution in [3.63, 3.8) is 0 Å². The minimum Gasteiger partial charge on any atom is -0.396 e. The number of nitrogens with one attached hydrogen (secondary N) is 2. The van der Waals surface area contributed by atoms with Gasteiger partial charge in [0.1, 0.15) is 0 Å². The highest BCUT2D eigenvalue weighted by Gasteiger charge is 2.22. The molecule has 17 heavy (non-hydrogen) atoms. The van der Waals surface area contributed by atoms with Crippen LogP contribution >= 0.6 is 0 Å². The van der Waals surface area contributed by atoms with E-state index in [0.29, 0.717) is 19.6 Å². The van der Waals surface area contributed by atoms with Crippen molar-refractivity contribution in [2.75, 3.05) is 39.3 Å². The van der Waals surface area contributed by atoms with Gasteiger partial charge in [0.05, 0.1) is 0 Å². The smallest absolute Gasteiger partial charge is 0.311 e. The zero-order chi connectivity index (χ0) is 12.5. The Labute approximate surface area is 101 Å². The van der Waals surface area contributed by atoms with Crippen molar-refractivity contribution in [1.82, 2.24) is 15.5 Å². The number of piperazine rings is 1. The van der Waals surface area contributed by atoms with Gasteiger partial charge in [-0.25, -0.2) is 0 Å².